The number of para-hydroxylation sites is 2. The third kappa shape index (κ3) is 0.752. The van der Waals surface area contributed by atoms with Gasteiger partial charge in [0.1, 0.15) is 10.2 Å². The van der Waals surface area contributed by atoms with Crippen LogP contribution in [0.15, 0.2) is 24.3 Å². The fourth-order valence-electron chi connectivity index (χ4n) is 0.953. The highest BCUT2D eigenvalue weighted by Gasteiger charge is 1.94. The molecule has 3 heteroatoms. The van der Waals surface area contributed by atoms with E-state index in [-0.39, 0.29) is 0 Å². The molecule has 3 radical (unpaired) electrons. The smallest absolute Gasteiger partial charge is 0.126 e. The summed E-state index contributed by atoms with van der Waals surface area (Å²) in [5.74, 6) is 0. The minimum atomic E-state index is 0.779. The summed E-state index contributed by atoms with van der Waals surface area (Å²) in [5, 5.41) is 0. The van der Waals surface area contributed by atoms with Crippen LogP contribution in [-0.4, -0.2) is 20.2 Å². The molecule has 2 nitrogen and oxygen atoms in total. The fourth-order valence-corrected chi connectivity index (χ4v) is 1.21. The van der Waals surface area contributed by atoms with E-state index in [0.717, 1.165) is 16.5 Å². The minimum Gasteiger partial charge on any atom is -0.347 e. The number of fused-ring (bicyclic) bond motifs is 1. The summed E-state index contributed by atoms with van der Waals surface area (Å²) in [4.78, 5) is 7.23. The largest absolute Gasteiger partial charge is 0.347 e. The molecule has 0 bridgehead atoms. The van der Waals surface area contributed by atoms with Crippen molar-refractivity contribution in [2.45, 2.75) is 0 Å². The molecule has 1 heterocycles. The minimum absolute atomic E-state index is 0.779. The zero-order chi connectivity index (χ0) is 6.97. The first-order valence-electron chi connectivity index (χ1n) is 3.02. The molecule has 2 aromatic rings. The van der Waals surface area contributed by atoms with Gasteiger partial charge in [0.15, 0.2) is 0 Å². The van der Waals surface area contributed by atoms with Gasteiger partial charge in [-0.15, -0.1) is 0 Å². The van der Waals surface area contributed by atoms with Crippen molar-refractivity contribution in [3.05, 3.63) is 24.3 Å². The maximum absolute atomic E-state index is 4.17. The number of rotatable bonds is 0. The summed E-state index contributed by atoms with van der Waals surface area (Å²) in [6, 6.07) is 7.91. The van der Waals surface area contributed by atoms with E-state index in [0.29, 0.717) is 0 Å². The zero-order valence-electron chi connectivity index (χ0n) is 5.26. The molecule has 1 aromatic heterocycles. The van der Waals surface area contributed by atoms with Crippen LogP contribution in [0.3, 0.4) is 0 Å². The van der Waals surface area contributed by atoms with Crippen molar-refractivity contribution in [2.24, 2.45) is 0 Å². The van der Waals surface area contributed by atoms with E-state index >= 15 is 0 Å². The SMILES string of the molecule is [Si]c1nc2ccccc2[nH]1. The lowest BCUT2D eigenvalue weighted by Gasteiger charge is -1.81. The number of aromatic amines is 1. The normalized spacial score (nSPS) is 10.5. The van der Waals surface area contributed by atoms with Crippen molar-refractivity contribution in [3.63, 3.8) is 0 Å². The summed E-state index contributed by atoms with van der Waals surface area (Å²) in [5.41, 5.74) is 2.83. The molecule has 47 valence electrons. The van der Waals surface area contributed by atoms with E-state index in [1.54, 1.807) is 0 Å². The molecule has 0 saturated carbocycles. The Labute approximate surface area is 61.7 Å². The van der Waals surface area contributed by atoms with Crippen LogP contribution in [0.4, 0.5) is 0 Å². The average Bonchev–Trinajstić information content (AvgIpc) is 2.27. The number of imidazole rings is 1. The number of H-pyrrole nitrogens is 1. The number of benzene rings is 1. The highest BCUT2D eigenvalue weighted by atomic mass is 28.1. The van der Waals surface area contributed by atoms with Crippen LogP contribution >= 0.6 is 0 Å². The molecule has 0 saturated heterocycles. The number of nitrogens with zero attached hydrogens (tertiary/aromatic N) is 1. The first-order valence-corrected chi connectivity index (χ1v) is 3.52. The van der Waals surface area contributed by atoms with Gasteiger partial charge >= 0.3 is 0 Å². The maximum atomic E-state index is 4.17. The predicted octanol–water partition coefficient (Wildman–Crippen LogP) is 0.357. The lowest BCUT2D eigenvalue weighted by atomic mass is 10.3. The van der Waals surface area contributed by atoms with Crippen molar-refractivity contribution < 1.29 is 0 Å². The molecule has 2 rings (SSSR count). The Morgan fingerprint density at radius 1 is 1.30 bits per heavy atom. The molecule has 0 amide bonds. The summed E-state index contributed by atoms with van der Waals surface area (Å²) < 4.78 is 0. The lowest BCUT2D eigenvalue weighted by Crippen LogP contribution is -2.04. The maximum Gasteiger partial charge on any atom is 0.126 e. The monoisotopic (exact) mass is 145 g/mol. The Hall–Kier alpha value is -1.09. The summed E-state index contributed by atoms with van der Waals surface area (Å²) in [6.07, 6.45) is 0. The van der Waals surface area contributed by atoms with Gasteiger partial charge in [-0.25, -0.2) is 4.98 Å². The predicted molar refractivity (Wildman–Crippen MR) is 41.5 cm³/mol. The van der Waals surface area contributed by atoms with E-state index in [1.165, 1.54) is 0 Å². The number of nitrogens with one attached hydrogen (secondary N) is 1. The fraction of sp³-hybridized carbons (Fsp3) is 0. The Balaban J connectivity index is 2.88. The standard InChI is InChI=1S/C7H5N2Si/c10-7-8-5-3-1-2-4-6(5)9-7/h1-4H,(H,8,9). The Bertz CT molecular complexity index is 320. The van der Waals surface area contributed by atoms with Crippen LogP contribution in [0.2, 0.25) is 0 Å². The second-order valence-electron chi connectivity index (χ2n) is 2.10. The van der Waals surface area contributed by atoms with Crippen LogP contribution in [-0.2, 0) is 0 Å². The molecule has 0 atom stereocenters. The van der Waals surface area contributed by atoms with E-state index in [4.69, 9.17) is 0 Å². The number of hydrogen-bond acceptors (Lipinski definition) is 1. The number of aromatic nitrogens is 2. The van der Waals surface area contributed by atoms with Gasteiger partial charge in [-0.3, -0.25) is 0 Å². The van der Waals surface area contributed by atoms with Crippen molar-refractivity contribution in [2.75, 3.05) is 0 Å². The molecule has 0 fully saturated rings. The quantitative estimate of drug-likeness (QED) is 0.533. The highest BCUT2D eigenvalue weighted by molar-refractivity contribution is 6.30. The van der Waals surface area contributed by atoms with E-state index in [2.05, 4.69) is 20.2 Å². The van der Waals surface area contributed by atoms with E-state index < -0.39 is 0 Å². The van der Waals surface area contributed by atoms with Crippen LogP contribution in [0.1, 0.15) is 0 Å². The van der Waals surface area contributed by atoms with E-state index in [1.807, 2.05) is 24.3 Å². The molecule has 10 heavy (non-hydrogen) atoms. The second-order valence-corrected chi connectivity index (χ2v) is 2.58. The molecule has 1 aromatic carbocycles. The Morgan fingerprint density at radius 3 is 2.90 bits per heavy atom. The van der Waals surface area contributed by atoms with Crippen LogP contribution in [0.5, 0.6) is 0 Å². The molecule has 0 aliphatic rings. The Kier molecular flexibility index (Phi) is 1.11. The van der Waals surface area contributed by atoms with Gasteiger partial charge in [-0.1, -0.05) is 12.1 Å². The summed E-state index contributed by atoms with van der Waals surface area (Å²) >= 11 is 0. The van der Waals surface area contributed by atoms with Crippen molar-refractivity contribution in [3.8, 4) is 0 Å². The van der Waals surface area contributed by atoms with Gasteiger partial charge in [-0.2, -0.15) is 0 Å². The van der Waals surface area contributed by atoms with Gasteiger partial charge in [-0.05, 0) is 12.1 Å². The zero-order valence-corrected chi connectivity index (χ0v) is 6.26. The molecular weight excluding hydrogens is 140 g/mol. The van der Waals surface area contributed by atoms with Gasteiger partial charge in [0.2, 0.25) is 0 Å². The van der Waals surface area contributed by atoms with Crippen LogP contribution in [0.25, 0.3) is 11.0 Å². The molecule has 0 spiro atoms. The van der Waals surface area contributed by atoms with Crippen LogP contribution < -0.4 is 5.45 Å². The first-order chi connectivity index (χ1) is 4.86. The van der Waals surface area contributed by atoms with Crippen molar-refractivity contribution in [1.82, 2.24) is 9.97 Å². The lowest BCUT2D eigenvalue weighted by molar-refractivity contribution is 1.44. The molecule has 0 unspecified atom stereocenters. The average molecular weight is 145 g/mol. The summed E-state index contributed by atoms with van der Waals surface area (Å²) in [6.45, 7) is 0. The third-order valence-corrected chi connectivity index (χ3v) is 1.63. The van der Waals surface area contributed by atoms with E-state index in [9.17, 15) is 0 Å². The van der Waals surface area contributed by atoms with Gasteiger partial charge in [0.05, 0.1) is 16.5 Å². The molecule has 0 aliphatic carbocycles. The summed E-state index contributed by atoms with van der Waals surface area (Å²) in [7, 11) is 3.31. The molecule has 0 aliphatic heterocycles. The molecule has 1 N–H and O–H groups in total. The van der Waals surface area contributed by atoms with Gasteiger partial charge in [0.25, 0.3) is 0 Å². The van der Waals surface area contributed by atoms with Gasteiger partial charge in [0, 0.05) is 0 Å². The second kappa shape index (κ2) is 1.95. The Morgan fingerprint density at radius 2 is 2.10 bits per heavy atom. The van der Waals surface area contributed by atoms with Gasteiger partial charge < -0.3 is 4.98 Å². The van der Waals surface area contributed by atoms with Crippen molar-refractivity contribution >= 4 is 26.7 Å². The van der Waals surface area contributed by atoms with Crippen LogP contribution in [0, 0.1) is 0 Å². The third-order valence-electron chi connectivity index (χ3n) is 1.39. The number of hydrogen-bond donors (Lipinski definition) is 1. The highest BCUT2D eigenvalue weighted by Crippen LogP contribution is 2.04. The molecular formula is C7H5N2Si. The topological polar surface area (TPSA) is 28.7 Å². The van der Waals surface area contributed by atoms with Crippen molar-refractivity contribution in [1.29, 1.82) is 0 Å². The first kappa shape index (κ1) is 5.67.